The number of rotatable bonds is 4. The molecule has 0 fully saturated rings. The summed E-state index contributed by atoms with van der Waals surface area (Å²) in [7, 11) is -2.14. The fraction of sp³-hybridized carbons (Fsp3) is 0.133. The van der Waals surface area contributed by atoms with Gasteiger partial charge in [-0.25, -0.2) is 0 Å². The van der Waals surface area contributed by atoms with Crippen LogP contribution in [0.3, 0.4) is 0 Å². The van der Waals surface area contributed by atoms with E-state index in [-0.39, 0.29) is 0 Å². The Hall–Kier alpha value is -3.07. The zero-order chi connectivity index (χ0) is 23.2. The first-order valence-electron chi connectivity index (χ1n) is 11.4. The molecule has 3 heteroatoms. The average Bonchev–Trinajstić information content (AvgIpc) is 2.80. The molecule has 0 saturated carbocycles. The molecular formula is C30H28ClNSi. The maximum atomic E-state index is 7.14. The molecule has 0 spiro atoms. The summed E-state index contributed by atoms with van der Waals surface area (Å²) in [6.45, 7) is 8.71. The van der Waals surface area contributed by atoms with Crippen molar-refractivity contribution < 1.29 is 0 Å². The van der Waals surface area contributed by atoms with Gasteiger partial charge in [0.05, 0.1) is 5.69 Å². The highest BCUT2D eigenvalue weighted by Gasteiger charge is 2.29. The highest BCUT2D eigenvalue weighted by atomic mass is 35.6. The van der Waals surface area contributed by atoms with Crippen molar-refractivity contribution in [3.8, 4) is 0 Å². The van der Waals surface area contributed by atoms with Crippen molar-refractivity contribution in [3.63, 3.8) is 0 Å². The summed E-state index contributed by atoms with van der Waals surface area (Å²) in [5, 5.41) is 6.28. The number of hydrogen-bond donors (Lipinski definition) is 0. The second-order valence-electron chi connectivity index (χ2n) is 9.29. The van der Waals surface area contributed by atoms with E-state index in [9.17, 15) is 0 Å². The predicted molar refractivity (Wildman–Crippen MR) is 149 cm³/mol. The van der Waals surface area contributed by atoms with E-state index in [0.717, 1.165) is 11.4 Å². The van der Waals surface area contributed by atoms with Gasteiger partial charge in [-0.2, -0.15) is 11.1 Å². The van der Waals surface area contributed by atoms with Gasteiger partial charge in [-0.3, -0.25) is 0 Å². The molecule has 5 rings (SSSR count). The first-order valence-corrected chi connectivity index (χ1v) is 15.4. The largest absolute Gasteiger partial charge is 0.309 e. The Bertz CT molecular complexity index is 1350. The molecule has 1 nitrogen and oxygen atoms in total. The zero-order valence-corrected chi connectivity index (χ0v) is 21.3. The fourth-order valence-electron chi connectivity index (χ4n) is 4.78. The van der Waals surface area contributed by atoms with Crippen LogP contribution in [-0.2, 0) is 0 Å². The molecule has 5 aromatic rings. The molecular weight excluding hydrogens is 438 g/mol. The molecule has 5 aromatic carbocycles. The minimum absolute atomic E-state index is 1.15. The van der Waals surface area contributed by atoms with Crippen molar-refractivity contribution in [1.29, 1.82) is 0 Å². The van der Waals surface area contributed by atoms with E-state index in [0.29, 0.717) is 0 Å². The molecule has 0 aliphatic rings. The van der Waals surface area contributed by atoms with Gasteiger partial charge in [0.1, 0.15) is 0 Å². The lowest BCUT2D eigenvalue weighted by molar-refractivity contribution is 1.29. The van der Waals surface area contributed by atoms with Gasteiger partial charge in [0.15, 0.2) is 7.38 Å². The summed E-state index contributed by atoms with van der Waals surface area (Å²) in [6.07, 6.45) is 0. The summed E-state index contributed by atoms with van der Waals surface area (Å²) in [6, 6.07) is 35.1. The Kier molecular flexibility index (Phi) is 5.52. The van der Waals surface area contributed by atoms with Gasteiger partial charge in [0.25, 0.3) is 0 Å². The third kappa shape index (κ3) is 3.94. The molecule has 33 heavy (non-hydrogen) atoms. The van der Waals surface area contributed by atoms with Crippen LogP contribution in [0.2, 0.25) is 13.1 Å². The predicted octanol–water partition coefficient (Wildman–Crippen LogP) is 8.73. The Labute approximate surface area is 202 Å². The smallest absolute Gasteiger partial charge is 0.182 e. The van der Waals surface area contributed by atoms with Crippen molar-refractivity contribution >= 4 is 62.3 Å². The van der Waals surface area contributed by atoms with Crippen LogP contribution >= 0.6 is 11.1 Å². The van der Waals surface area contributed by atoms with Crippen molar-refractivity contribution in [2.45, 2.75) is 26.9 Å². The molecule has 0 bridgehead atoms. The lowest BCUT2D eigenvalue weighted by Gasteiger charge is -2.31. The molecule has 0 unspecified atom stereocenters. The van der Waals surface area contributed by atoms with E-state index >= 15 is 0 Å². The second-order valence-corrected chi connectivity index (χ2v) is 15.6. The minimum atomic E-state index is -2.14. The molecule has 0 aromatic heterocycles. The number of anilines is 3. The lowest BCUT2D eigenvalue weighted by Crippen LogP contribution is -2.36. The molecule has 0 aliphatic carbocycles. The zero-order valence-electron chi connectivity index (χ0n) is 19.6. The first kappa shape index (κ1) is 21.8. The monoisotopic (exact) mass is 465 g/mol. The van der Waals surface area contributed by atoms with Crippen molar-refractivity contribution in [2.75, 3.05) is 4.90 Å². The van der Waals surface area contributed by atoms with Gasteiger partial charge in [0, 0.05) is 22.1 Å². The number of benzene rings is 5. The average molecular weight is 466 g/mol. The standard InChI is InChI=1S/C30H28ClNSi/c1-21-13-17-23(18-14-21)32(24-19-15-22(2)16-20-24)29-25-9-5-7-11-27(25)30(33(3,4)31)28-12-8-6-10-26(28)29/h5-20H,1-4H3. The van der Waals surface area contributed by atoms with Crippen LogP contribution in [0.15, 0.2) is 97.1 Å². The van der Waals surface area contributed by atoms with E-state index in [4.69, 9.17) is 11.1 Å². The number of halogens is 1. The van der Waals surface area contributed by atoms with Crippen molar-refractivity contribution in [3.05, 3.63) is 108 Å². The summed E-state index contributed by atoms with van der Waals surface area (Å²) in [5.41, 5.74) is 6.00. The number of hydrogen-bond acceptors (Lipinski definition) is 1. The van der Waals surface area contributed by atoms with E-state index < -0.39 is 7.38 Å². The summed E-state index contributed by atoms with van der Waals surface area (Å²) < 4.78 is 0. The normalized spacial score (nSPS) is 11.8. The molecule has 0 heterocycles. The quantitative estimate of drug-likeness (QED) is 0.146. The molecule has 164 valence electrons. The number of fused-ring (bicyclic) bond motifs is 2. The van der Waals surface area contributed by atoms with Crippen LogP contribution in [0.1, 0.15) is 11.1 Å². The van der Waals surface area contributed by atoms with Crippen molar-refractivity contribution in [1.82, 2.24) is 0 Å². The van der Waals surface area contributed by atoms with E-state index in [1.807, 2.05) is 0 Å². The molecule has 0 radical (unpaired) electrons. The SMILES string of the molecule is Cc1ccc(N(c2ccc(C)cc2)c2c3ccccc3c([Si](C)(C)Cl)c3ccccc23)cc1. The number of aryl methyl sites for hydroxylation is 2. The van der Waals surface area contributed by atoms with Crippen LogP contribution in [0, 0.1) is 13.8 Å². The van der Waals surface area contributed by atoms with Gasteiger partial charge >= 0.3 is 0 Å². The fourth-order valence-corrected chi connectivity index (χ4v) is 7.11. The van der Waals surface area contributed by atoms with Crippen LogP contribution in [-0.4, -0.2) is 7.38 Å². The highest BCUT2D eigenvalue weighted by Crippen LogP contribution is 2.43. The van der Waals surface area contributed by atoms with Crippen molar-refractivity contribution in [2.24, 2.45) is 0 Å². The molecule has 0 amide bonds. The van der Waals surface area contributed by atoms with E-state index in [2.05, 4.69) is 129 Å². The van der Waals surface area contributed by atoms with Crippen LogP contribution in [0.25, 0.3) is 21.5 Å². The van der Waals surface area contributed by atoms with Gasteiger partial charge < -0.3 is 4.90 Å². The number of nitrogens with zero attached hydrogens (tertiary/aromatic N) is 1. The summed E-state index contributed by atoms with van der Waals surface area (Å²) in [5.74, 6) is 0. The first-order chi connectivity index (χ1) is 15.8. The minimum Gasteiger partial charge on any atom is -0.309 e. The van der Waals surface area contributed by atoms with E-state index in [1.54, 1.807) is 0 Å². The maximum absolute atomic E-state index is 7.14. The Morgan fingerprint density at radius 2 is 0.909 bits per heavy atom. The Balaban J connectivity index is 1.95. The molecule has 0 N–H and O–H groups in total. The van der Waals surface area contributed by atoms with Gasteiger partial charge in [-0.05, 0) is 54.1 Å². The molecule has 0 saturated heterocycles. The van der Waals surface area contributed by atoms with E-state index in [1.165, 1.54) is 43.5 Å². The highest BCUT2D eigenvalue weighted by molar-refractivity contribution is 7.27. The van der Waals surface area contributed by atoms with Crippen LogP contribution in [0.4, 0.5) is 17.1 Å². The molecule has 0 aliphatic heterocycles. The summed E-state index contributed by atoms with van der Waals surface area (Å²) in [4.78, 5) is 2.40. The second kappa shape index (κ2) is 8.37. The summed E-state index contributed by atoms with van der Waals surface area (Å²) >= 11 is 7.14. The van der Waals surface area contributed by atoms with Gasteiger partial charge in [0.2, 0.25) is 0 Å². The topological polar surface area (TPSA) is 3.24 Å². The maximum Gasteiger partial charge on any atom is 0.182 e. The third-order valence-corrected chi connectivity index (χ3v) is 8.60. The van der Waals surface area contributed by atoms with Crippen LogP contribution in [0.5, 0.6) is 0 Å². The lowest BCUT2D eigenvalue weighted by atomic mass is 9.98. The van der Waals surface area contributed by atoms with Gasteiger partial charge in [-0.1, -0.05) is 97.0 Å². The molecule has 0 atom stereocenters. The Morgan fingerprint density at radius 3 is 1.27 bits per heavy atom. The third-order valence-electron chi connectivity index (χ3n) is 6.31. The van der Waals surface area contributed by atoms with Gasteiger partial charge in [-0.15, -0.1) is 0 Å². The Morgan fingerprint density at radius 1 is 0.545 bits per heavy atom. The van der Waals surface area contributed by atoms with Crippen LogP contribution < -0.4 is 10.1 Å².